The van der Waals surface area contributed by atoms with E-state index in [1.165, 1.54) is 6.07 Å². The quantitative estimate of drug-likeness (QED) is 0.837. The number of hydrogen-bond donors (Lipinski definition) is 2. The van der Waals surface area contributed by atoms with Crippen LogP contribution in [0.25, 0.3) is 0 Å². The monoisotopic (exact) mass is 288 g/mol. The fraction of sp³-hybridized carbons (Fsp3) is 0.333. The van der Waals surface area contributed by atoms with E-state index < -0.39 is 5.91 Å². The third-order valence-electron chi connectivity index (χ3n) is 1.97. The summed E-state index contributed by atoms with van der Waals surface area (Å²) in [6.45, 7) is 3.66. The number of halogens is 2. The maximum Gasteiger partial charge on any atom is 0.233 e. The van der Waals surface area contributed by atoms with Crippen molar-refractivity contribution < 1.29 is 9.59 Å². The van der Waals surface area contributed by atoms with E-state index >= 15 is 0 Å². The second-order valence-electron chi connectivity index (χ2n) is 4.08. The van der Waals surface area contributed by atoms with Gasteiger partial charge in [0.2, 0.25) is 11.8 Å². The number of hydrogen-bond acceptors (Lipinski definition) is 2. The van der Waals surface area contributed by atoms with Crippen LogP contribution >= 0.6 is 23.2 Å². The van der Waals surface area contributed by atoms with Crippen molar-refractivity contribution in [1.82, 2.24) is 5.32 Å². The third kappa shape index (κ3) is 4.94. The molecule has 0 radical (unpaired) electrons. The highest BCUT2D eigenvalue weighted by molar-refractivity contribution is 6.42. The van der Waals surface area contributed by atoms with E-state index in [0.717, 1.165) is 0 Å². The normalized spacial score (nSPS) is 10.3. The number of carbonyl (C=O) groups excluding carboxylic acids is 2. The van der Waals surface area contributed by atoms with Crippen molar-refractivity contribution >= 4 is 40.7 Å². The number of nitrogens with one attached hydrogen (secondary N) is 2. The summed E-state index contributed by atoms with van der Waals surface area (Å²) in [6, 6.07) is 4.73. The van der Waals surface area contributed by atoms with Crippen molar-refractivity contribution in [2.75, 3.05) is 5.32 Å². The molecule has 0 spiro atoms. The van der Waals surface area contributed by atoms with Crippen LogP contribution in [-0.2, 0) is 9.59 Å². The van der Waals surface area contributed by atoms with Crippen LogP contribution < -0.4 is 10.6 Å². The fourth-order valence-electron chi connectivity index (χ4n) is 1.30. The molecule has 0 unspecified atom stereocenters. The topological polar surface area (TPSA) is 58.2 Å². The van der Waals surface area contributed by atoms with Crippen molar-refractivity contribution in [3.8, 4) is 0 Å². The van der Waals surface area contributed by atoms with E-state index in [4.69, 9.17) is 23.2 Å². The molecule has 0 bridgehead atoms. The summed E-state index contributed by atoms with van der Waals surface area (Å²) in [7, 11) is 0. The van der Waals surface area contributed by atoms with Crippen molar-refractivity contribution in [1.29, 1.82) is 0 Å². The smallest absolute Gasteiger partial charge is 0.233 e. The Balaban J connectivity index is 2.54. The van der Waals surface area contributed by atoms with Crippen LogP contribution in [0.15, 0.2) is 18.2 Å². The van der Waals surface area contributed by atoms with Crippen LogP contribution in [0.1, 0.15) is 20.3 Å². The van der Waals surface area contributed by atoms with E-state index in [-0.39, 0.29) is 18.4 Å². The summed E-state index contributed by atoms with van der Waals surface area (Å²) in [4.78, 5) is 22.9. The van der Waals surface area contributed by atoms with E-state index in [9.17, 15) is 9.59 Å². The van der Waals surface area contributed by atoms with E-state index in [1.54, 1.807) is 12.1 Å². The average Bonchev–Trinajstić information content (AvgIpc) is 2.21. The average molecular weight is 289 g/mol. The lowest BCUT2D eigenvalue weighted by molar-refractivity contribution is -0.127. The summed E-state index contributed by atoms with van der Waals surface area (Å²) in [5, 5.41) is 5.96. The molecule has 0 saturated heterocycles. The Hall–Kier alpha value is -1.26. The largest absolute Gasteiger partial charge is 0.353 e. The first-order chi connectivity index (χ1) is 8.38. The number of benzene rings is 1. The van der Waals surface area contributed by atoms with Crippen molar-refractivity contribution in [3.63, 3.8) is 0 Å². The van der Waals surface area contributed by atoms with E-state index in [0.29, 0.717) is 15.7 Å². The van der Waals surface area contributed by atoms with Gasteiger partial charge in [0, 0.05) is 11.7 Å². The van der Waals surface area contributed by atoms with Crippen LogP contribution in [0.5, 0.6) is 0 Å². The van der Waals surface area contributed by atoms with Gasteiger partial charge in [-0.1, -0.05) is 23.2 Å². The first-order valence-corrected chi connectivity index (χ1v) is 6.18. The zero-order valence-electron chi connectivity index (χ0n) is 10.1. The second-order valence-corrected chi connectivity index (χ2v) is 4.89. The highest BCUT2D eigenvalue weighted by Gasteiger charge is 2.10. The first kappa shape index (κ1) is 14.8. The van der Waals surface area contributed by atoms with Gasteiger partial charge in [-0.15, -0.1) is 0 Å². The molecule has 0 saturated carbocycles. The highest BCUT2D eigenvalue weighted by atomic mass is 35.5. The number of anilines is 1. The molecule has 0 heterocycles. The SMILES string of the molecule is CC(C)NC(=O)CC(=O)Nc1ccc(Cl)c(Cl)c1. The number of carbonyl (C=O) groups is 2. The fourth-order valence-corrected chi connectivity index (χ4v) is 1.60. The molecule has 2 amide bonds. The second kappa shape index (κ2) is 6.61. The van der Waals surface area contributed by atoms with Gasteiger partial charge < -0.3 is 10.6 Å². The minimum Gasteiger partial charge on any atom is -0.353 e. The Morgan fingerprint density at radius 3 is 2.39 bits per heavy atom. The minimum absolute atomic E-state index is 0.00952. The molecular formula is C12H14Cl2N2O2. The van der Waals surface area contributed by atoms with E-state index in [2.05, 4.69) is 10.6 Å². The molecule has 1 rings (SSSR count). The molecule has 98 valence electrons. The van der Waals surface area contributed by atoms with Gasteiger partial charge >= 0.3 is 0 Å². The zero-order valence-corrected chi connectivity index (χ0v) is 11.6. The van der Waals surface area contributed by atoms with Gasteiger partial charge in [0.05, 0.1) is 10.0 Å². The third-order valence-corrected chi connectivity index (χ3v) is 2.71. The predicted octanol–water partition coefficient (Wildman–Crippen LogP) is 2.85. The van der Waals surface area contributed by atoms with Gasteiger partial charge in [-0.05, 0) is 32.0 Å². The van der Waals surface area contributed by atoms with E-state index in [1.807, 2.05) is 13.8 Å². The molecule has 0 aliphatic rings. The summed E-state index contributed by atoms with van der Waals surface area (Å²) < 4.78 is 0. The molecule has 18 heavy (non-hydrogen) atoms. The minimum atomic E-state index is -0.397. The summed E-state index contributed by atoms with van der Waals surface area (Å²) >= 11 is 11.6. The van der Waals surface area contributed by atoms with Gasteiger partial charge in [-0.3, -0.25) is 9.59 Å². The van der Waals surface area contributed by atoms with Crippen LogP contribution in [0, 0.1) is 0 Å². The molecule has 2 N–H and O–H groups in total. The number of amides is 2. The van der Waals surface area contributed by atoms with Crippen LogP contribution in [-0.4, -0.2) is 17.9 Å². The molecule has 0 fully saturated rings. The molecule has 0 aromatic heterocycles. The molecule has 0 aliphatic heterocycles. The lowest BCUT2D eigenvalue weighted by atomic mass is 10.3. The zero-order chi connectivity index (χ0) is 13.7. The van der Waals surface area contributed by atoms with Gasteiger partial charge in [0.1, 0.15) is 6.42 Å². The maximum absolute atomic E-state index is 11.6. The molecular weight excluding hydrogens is 275 g/mol. The molecule has 1 aromatic rings. The standard InChI is InChI=1S/C12H14Cl2N2O2/c1-7(2)15-11(17)6-12(18)16-8-3-4-9(13)10(14)5-8/h3-5,7H,6H2,1-2H3,(H,15,17)(H,16,18). The molecule has 1 aromatic carbocycles. The maximum atomic E-state index is 11.6. The van der Waals surface area contributed by atoms with Crippen molar-refractivity contribution in [2.45, 2.75) is 26.3 Å². The summed E-state index contributed by atoms with van der Waals surface area (Å²) in [5.41, 5.74) is 0.506. The van der Waals surface area contributed by atoms with Crippen LogP contribution in [0.3, 0.4) is 0 Å². The highest BCUT2D eigenvalue weighted by Crippen LogP contribution is 2.24. The Morgan fingerprint density at radius 2 is 1.83 bits per heavy atom. The van der Waals surface area contributed by atoms with Crippen LogP contribution in [0.4, 0.5) is 5.69 Å². The van der Waals surface area contributed by atoms with Gasteiger partial charge in [0.25, 0.3) is 0 Å². The predicted molar refractivity (Wildman–Crippen MR) is 73.0 cm³/mol. The van der Waals surface area contributed by atoms with Gasteiger partial charge in [-0.25, -0.2) is 0 Å². The molecule has 0 aliphatic carbocycles. The summed E-state index contributed by atoms with van der Waals surface area (Å²) in [5.74, 6) is -0.714. The Kier molecular flexibility index (Phi) is 5.44. The summed E-state index contributed by atoms with van der Waals surface area (Å²) in [6.07, 6.45) is -0.224. The van der Waals surface area contributed by atoms with Gasteiger partial charge in [-0.2, -0.15) is 0 Å². The molecule has 4 nitrogen and oxygen atoms in total. The first-order valence-electron chi connectivity index (χ1n) is 5.42. The molecule has 0 atom stereocenters. The number of rotatable bonds is 4. The Labute approximate surface area is 116 Å². The Bertz CT molecular complexity index is 461. The lowest BCUT2D eigenvalue weighted by Crippen LogP contribution is -2.33. The lowest BCUT2D eigenvalue weighted by Gasteiger charge is -2.09. The van der Waals surface area contributed by atoms with Crippen molar-refractivity contribution in [2.24, 2.45) is 0 Å². The van der Waals surface area contributed by atoms with Crippen LogP contribution in [0.2, 0.25) is 10.0 Å². The Morgan fingerprint density at radius 1 is 1.17 bits per heavy atom. The van der Waals surface area contributed by atoms with Gasteiger partial charge in [0.15, 0.2) is 0 Å². The molecule has 6 heteroatoms. The van der Waals surface area contributed by atoms with Crippen molar-refractivity contribution in [3.05, 3.63) is 28.2 Å².